The molecular formula is C22H26N4O4S. The molecule has 0 atom stereocenters. The van der Waals surface area contributed by atoms with Gasteiger partial charge in [0.05, 0.1) is 22.8 Å². The molecule has 0 radical (unpaired) electrons. The van der Waals surface area contributed by atoms with Crippen LogP contribution in [-0.2, 0) is 17.1 Å². The van der Waals surface area contributed by atoms with Crippen molar-refractivity contribution in [3.63, 3.8) is 0 Å². The minimum absolute atomic E-state index is 0.00987. The zero-order valence-corrected chi connectivity index (χ0v) is 18.8. The van der Waals surface area contributed by atoms with Crippen molar-refractivity contribution in [2.75, 3.05) is 21.9 Å². The van der Waals surface area contributed by atoms with Crippen LogP contribution in [0.2, 0.25) is 0 Å². The van der Waals surface area contributed by atoms with Gasteiger partial charge in [0, 0.05) is 19.2 Å². The van der Waals surface area contributed by atoms with Crippen LogP contribution >= 0.6 is 0 Å². The molecule has 1 N–H and O–H groups in total. The van der Waals surface area contributed by atoms with Gasteiger partial charge in [-0.2, -0.15) is 0 Å². The second-order valence-electron chi connectivity index (χ2n) is 7.00. The molecule has 2 aromatic carbocycles. The fraction of sp³-hybridized carbons (Fsp3) is 0.273. The summed E-state index contributed by atoms with van der Waals surface area (Å²) < 4.78 is 28.9. The number of hydrogen-bond acceptors (Lipinski definition) is 4. The van der Waals surface area contributed by atoms with E-state index in [4.69, 9.17) is 0 Å². The van der Waals surface area contributed by atoms with Gasteiger partial charge >= 0.3 is 0 Å². The van der Waals surface area contributed by atoms with Crippen LogP contribution in [-0.4, -0.2) is 36.0 Å². The Labute approximate surface area is 181 Å². The first-order chi connectivity index (χ1) is 14.7. The summed E-state index contributed by atoms with van der Waals surface area (Å²) >= 11 is 0. The number of hydrogen-bond donors (Lipinski definition) is 1. The Bertz CT molecular complexity index is 1240. The van der Waals surface area contributed by atoms with Crippen molar-refractivity contribution in [1.82, 2.24) is 9.36 Å². The van der Waals surface area contributed by atoms with Gasteiger partial charge in [-0.25, -0.2) is 13.1 Å². The number of nitrogens with zero attached hydrogens (tertiary/aromatic N) is 3. The van der Waals surface area contributed by atoms with E-state index in [2.05, 4.69) is 5.32 Å². The Morgan fingerprint density at radius 1 is 1.03 bits per heavy atom. The van der Waals surface area contributed by atoms with Crippen molar-refractivity contribution in [2.24, 2.45) is 7.05 Å². The average molecular weight is 443 g/mol. The van der Waals surface area contributed by atoms with E-state index in [1.54, 1.807) is 56.8 Å². The molecule has 0 spiro atoms. The number of carbonyl (C=O) groups is 1. The lowest BCUT2D eigenvalue weighted by molar-refractivity contribution is 0.102. The summed E-state index contributed by atoms with van der Waals surface area (Å²) in [7, 11) is -1.65. The van der Waals surface area contributed by atoms with Gasteiger partial charge in [-0.05, 0) is 57.2 Å². The molecular weight excluding hydrogens is 416 g/mol. The number of anilines is 2. The van der Waals surface area contributed by atoms with Crippen molar-refractivity contribution >= 4 is 27.3 Å². The molecule has 0 aliphatic rings. The van der Waals surface area contributed by atoms with Gasteiger partial charge in [0.1, 0.15) is 5.69 Å². The van der Waals surface area contributed by atoms with Crippen molar-refractivity contribution in [1.29, 1.82) is 0 Å². The summed E-state index contributed by atoms with van der Waals surface area (Å²) in [5.74, 6) is -0.455. The minimum Gasteiger partial charge on any atom is -0.316 e. The maximum Gasteiger partial charge on any atom is 0.295 e. The second-order valence-corrected chi connectivity index (χ2v) is 9.18. The number of sulfonamides is 1. The Morgan fingerprint density at radius 2 is 1.65 bits per heavy atom. The van der Waals surface area contributed by atoms with Gasteiger partial charge in [0.15, 0.2) is 0 Å². The SMILES string of the molecule is CCN(c1ccc(C(=O)Nc2c(C)n(C)n(-c3ccccc3)c2=O)cc1)S(=O)(=O)CC. The summed E-state index contributed by atoms with van der Waals surface area (Å²) in [5, 5.41) is 2.70. The highest BCUT2D eigenvalue weighted by molar-refractivity contribution is 7.92. The molecule has 0 aliphatic carbocycles. The third-order valence-electron chi connectivity index (χ3n) is 5.20. The summed E-state index contributed by atoms with van der Waals surface area (Å²) in [5.41, 5.74) is 1.99. The van der Waals surface area contributed by atoms with Crippen LogP contribution in [0.25, 0.3) is 5.69 Å². The third kappa shape index (κ3) is 4.27. The standard InChI is InChI=1S/C22H26N4O4S/c1-5-25(31(29,30)6-2)18-14-12-17(13-15-18)21(27)23-20-16(3)24(4)26(22(20)28)19-10-8-7-9-11-19/h7-15H,5-6H2,1-4H3,(H,23,27). The molecule has 9 heteroatoms. The monoisotopic (exact) mass is 442 g/mol. The molecule has 3 aromatic rings. The molecule has 0 bridgehead atoms. The summed E-state index contributed by atoms with van der Waals surface area (Å²) in [4.78, 5) is 25.7. The Morgan fingerprint density at radius 3 is 2.19 bits per heavy atom. The van der Waals surface area contributed by atoms with E-state index in [0.29, 0.717) is 29.2 Å². The van der Waals surface area contributed by atoms with Gasteiger partial charge < -0.3 is 5.32 Å². The number of nitrogens with one attached hydrogen (secondary N) is 1. The zero-order valence-electron chi connectivity index (χ0n) is 18.0. The molecule has 0 saturated carbocycles. The van der Waals surface area contributed by atoms with Crippen molar-refractivity contribution in [3.8, 4) is 5.69 Å². The third-order valence-corrected chi connectivity index (χ3v) is 7.07. The van der Waals surface area contributed by atoms with Gasteiger partial charge in [-0.3, -0.25) is 18.6 Å². The van der Waals surface area contributed by atoms with E-state index in [1.165, 1.54) is 8.99 Å². The molecule has 8 nitrogen and oxygen atoms in total. The van der Waals surface area contributed by atoms with Crippen molar-refractivity contribution < 1.29 is 13.2 Å². The quantitative estimate of drug-likeness (QED) is 0.609. The first-order valence-corrected chi connectivity index (χ1v) is 11.6. The lowest BCUT2D eigenvalue weighted by atomic mass is 10.2. The first kappa shape index (κ1) is 22.4. The molecule has 3 rings (SSSR count). The Kier molecular flexibility index (Phi) is 6.35. The van der Waals surface area contributed by atoms with Gasteiger partial charge in [0.2, 0.25) is 10.0 Å². The minimum atomic E-state index is -3.40. The summed E-state index contributed by atoms with van der Waals surface area (Å²) in [6.45, 7) is 5.40. The lowest BCUT2D eigenvalue weighted by Crippen LogP contribution is -2.32. The van der Waals surface area contributed by atoms with E-state index < -0.39 is 15.9 Å². The number of para-hydroxylation sites is 1. The maximum absolute atomic E-state index is 13.0. The highest BCUT2D eigenvalue weighted by Crippen LogP contribution is 2.20. The van der Waals surface area contributed by atoms with Gasteiger partial charge in [-0.1, -0.05) is 18.2 Å². The second kappa shape index (κ2) is 8.81. The molecule has 0 fully saturated rings. The molecule has 31 heavy (non-hydrogen) atoms. The van der Waals surface area contributed by atoms with Crippen LogP contribution in [0.15, 0.2) is 59.4 Å². The molecule has 0 aliphatic heterocycles. The summed E-state index contributed by atoms with van der Waals surface area (Å²) in [6, 6.07) is 15.4. The fourth-order valence-electron chi connectivity index (χ4n) is 3.37. The van der Waals surface area contributed by atoms with Crippen LogP contribution < -0.4 is 15.2 Å². The predicted molar refractivity (Wildman–Crippen MR) is 123 cm³/mol. The van der Waals surface area contributed by atoms with E-state index >= 15 is 0 Å². The molecule has 0 saturated heterocycles. The highest BCUT2D eigenvalue weighted by atomic mass is 32.2. The van der Waals surface area contributed by atoms with Crippen LogP contribution in [0.1, 0.15) is 29.9 Å². The number of amides is 1. The van der Waals surface area contributed by atoms with Gasteiger partial charge in [0.25, 0.3) is 11.5 Å². The van der Waals surface area contributed by atoms with Gasteiger partial charge in [-0.15, -0.1) is 0 Å². The van der Waals surface area contributed by atoms with E-state index in [0.717, 1.165) is 0 Å². The zero-order chi connectivity index (χ0) is 22.8. The van der Waals surface area contributed by atoms with Crippen molar-refractivity contribution in [2.45, 2.75) is 20.8 Å². The van der Waals surface area contributed by atoms with E-state index in [-0.39, 0.29) is 17.0 Å². The lowest BCUT2D eigenvalue weighted by Gasteiger charge is -2.22. The number of carbonyl (C=O) groups excluding carboxylic acids is 1. The molecule has 0 unspecified atom stereocenters. The van der Waals surface area contributed by atoms with Crippen LogP contribution in [0.5, 0.6) is 0 Å². The van der Waals surface area contributed by atoms with Crippen LogP contribution in [0, 0.1) is 6.92 Å². The Hall–Kier alpha value is -3.33. The first-order valence-electron chi connectivity index (χ1n) is 9.97. The van der Waals surface area contributed by atoms with Crippen molar-refractivity contribution in [3.05, 3.63) is 76.2 Å². The molecule has 1 amide bonds. The largest absolute Gasteiger partial charge is 0.316 e. The number of rotatable bonds is 7. The summed E-state index contributed by atoms with van der Waals surface area (Å²) in [6.07, 6.45) is 0. The molecule has 1 aromatic heterocycles. The average Bonchev–Trinajstić information content (AvgIpc) is 2.98. The predicted octanol–water partition coefficient (Wildman–Crippen LogP) is 2.91. The van der Waals surface area contributed by atoms with Crippen LogP contribution in [0.3, 0.4) is 0 Å². The smallest absolute Gasteiger partial charge is 0.295 e. The van der Waals surface area contributed by atoms with E-state index in [1.807, 2.05) is 30.3 Å². The maximum atomic E-state index is 13.0. The van der Waals surface area contributed by atoms with E-state index in [9.17, 15) is 18.0 Å². The fourth-order valence-corrected chi connectivity index (χ4v) is 4.52. The topological polar surface area (TPSA) is 93.4 Å². The normalized spacial score (nSPS) is 11.4. The Balaban J connectivity index is 1.88. The number of benzene rings is 2. The van der Waals surface area contributed by atoms with Crippen LogP contribution in [0.4, 0.5) is 11.4 Å². The highest BCUT2D eigenvalue weighted by Gasteiger charge is 2.21. The molecule has 164 valence electrons. The molecule has 1 heterocycles. The number of aromatic nitrogens is 2.